The average molecular weight is 341 g/mol. The zero-order valence-electron chi connectivity index (χ0n) is 12.6. The molecule has 1 aromatic rings. The molecule has 0 aromatic heterocycles. The van der Waals surface area contributed by atoms with Gasteiger partial charge >= 0.3 is 0 Å². The highest BCUT2D eigenvalue weighted by Crippen LogP contribution is 2.33. The third-order valence-corrected chi connectivity index (χ3v) is 4.95. The van der Waals surface area contributed by atoms with Crippen LogP contribution in [0.1, 0.15) is 44.2 Å². The van der Waals surface area contributed by atoms with Gasteiger partial charge in [-0.2, -0.15) is 0 Å². The maximum Gasteiger partial charge on any atom is 0.0743 e. The number of nitrogens with one attached hydrogen (secondary N) is 1. The van der Waals surface area contributed by atoms with Crippen molar-refractivity contribution < 1.29 is 5.11 Å². The van der Waals surface area contributed by atoms with Crippen LogP contribution in [-0.4, -0.2) is 31.3 Å². The van der Waals surface area contributed by atoms with Gasteiger partial charge in [-0.3, -0.25) is 0 Å². The molecule has 112 valence electrons. The number of nitrogens with zero attached hydrogens (tertiary/aromatic N) is 1. The lowest BCUT2D eigenvalue weighted by atomic mass is 9.90. The standard InChI is InChI=1S/C16H25BrN2O/c1-11(18-2)13-10-12(17)8-9-14(13)19(3)15-6-4-5-7-16(15)20/h8-11,15-16,18,20H,4-7H2,1-3H3. The number of halogens is 1. The lowest BCUT2D eigenvalue weighted by Gasteiger charge is -2.38. The van der Waals surface area contributed by atoms with Crippen molar-refractivity contribution in [2.75, 3.05) is 19.0 Å². The van der Waals surface area contributed by atoms with E-state index in [-0.39, 0.29) is 18.2 Å². The Balaban J connectivity index is 2.30. The summed E-state index contributed by atoms with van der Waals surface area (Å²) in [5.41, 5.74) is 2.48. The minimum absolute atomic E-state index is 0.213. The molecule has 0 bridgehead atoms. The second-order valence-corrected chi connectivity index (χ2v) is 6.66. The SMILES string of the molecule is CNC(C)c1cc(Br)ccc1N(C)C1CCCCC1O. The molecule has 0 spiro atoms. The fourth-order valence-corrected chi connectivity index (χ4v) is 3.45. The maximum absolute atomic E-state index is 10.3. The first kappa shape index (κ1) is 15.8. The molecule has 0 saturated heterocycles. The number of aliphatic hydroxyl groups is 1. The molecule has 0 heterocycles. The van der Waals surface area contributed by atoms with Gasteiger partial charge in [-0.15, -0.1) is 0 Å². The summed E-state index contributed by atoms with van der Waals surface area (Å²) in [5.74, 6) is 0. The van der Waals surface area contributed by atoms with E-state index < -0.39 is 0 Å². The quantitative estimate of drug-likeness (QED) is 0.880. The van der Waals surface area contributed by atoms with Gasteiger partial charge in [0, 0.05) is 23.2 Å². The Hall–Kier alpha value is -0.580. The monoisotopic (exact) mass is 340 g/mol. The smallest absolute Gasteiger partial charge is 0.0743 e. The van der Waals surface area contributed by atoms with Gasteiger partial charge in [-0.1, -0.05) is 28.8 Å². The van der Waals surface area contributed by atoms with Crippen molar-refractivity contribution in [1.29, 1.82) is 0 Å². The highest BCUT2D eigenvalue weighted by molar-refractivity contribution is 9.10. The Morgan fingerprint density at radius 3 is 2.70 bits per heavy atom. The number of rotatable bonds is 4. The lowest BCUT2D eigenvalue weighted by Crippen LogP contribution is -2.44. The van der Waals surface area contributed by atoms with Gasteiger partial charge in [0.2, 0.25) is 0 Å². The highest BCUT2D eigenvalue weighted by Gasteiger charge is 2.28. The van der Waals surface area contributed by atoms with Crippen molar-refractivity contribution >= 4 is 21.6 Å². The summed E-state index contributed by atoms with van der Waals surface area (Å²) in [7, 11) is 4.08. The first-order valence-electron chi connectivity index (χ1n) is 7.42. The summed E-state index contributed by atoms with van der Waals surface area (Å²) in [4.78, 5) is 2.26. The number of anilines is 1. The van der Waals surface area contributed by atoms with E-state index in [9.17, 15) is 5.11 Å². The molecule has 3 unspecified atom stereocenters. The summed E-state index contributed by atoms with van der Waals surface area (Å²) in [6.45, 7) is 2.16. The maximum atomic E-state index is 10.3. The van der Waals surface area contributed by atoms with Crippen molar-refractivity contribution in [2.24, 2.45) is 0 Å². The predicted molar refractivity (Wildman–Crippen MR) is 88.3 cm³/mol. The topological polar surface area (TPSA) is 35.5 Å². The van der Waals surface area contributed by atoms with E-state index in [2.05, 4.69) is 58.3 Å². The van der Waals surface area contributed by atoms with Gasteiger partial charge < -0.3 is 15.3 Å². The Kier molecular flexibility index (Phi) is 5.47. The molecule has 1 aliphatic rings. The fourth-order valence-electron chi connectivity index (χ4n) is 3.07. The van der Waals surface area contributed by atoms with Gasteiger partial charge in [-0.25, -0.2) is 0 Å². The summed E-state index contributed by atoms with van der Waals surface area (Å²) in [6.07, 6.45) is 4.13. The number of hydrogen-bond donors (Lipinski definition) is 2. The molecular weight excluding hydrogens is 316 g/mol. The summed E-state index contributed by atoms with van der Waals surface area (Å²) in [6, 6.07) is 6.90. The van der Waals surface area contributed by atoms with Crippen molar-refractivity contribution in [1.82, 2.24) is 5.32 Å². The minimum Gasteiger partial charge on any atom is -0.391 e. The van der Waals surface area contributed by atoms with Crippen molar-refractivity contribution in [3.05, 3.63) is 28.2 Å². The predicted octanol–water partition coefficient (Wildman–Crippen LogP) is 3.47. The van der Waals surface area contributed by atoms with E-state index in [0.717, 1.165) is 23.7 Å². The molecule has 3 atom stereocenters. The molecule has 2 N–H and O–H groups in total. The van der Waals surface area contributed by atoms with Crippen LogP contribution in [-0.2, 0) is 0 Å². The van der Waals surface area contributed by atoms with E-state index in [1.807, 2.05) is 7.05 Å². The second-order valence-electron chi connectivity index (χ2n) is 5.74. The van der Waals surface area contributed by atoms with Gasteiger partial charge in [0.15, 0.2) is 0 Å². The molecule has 3 nitrogen and oxygen atoms in total. The second kappa shape index (κ2) is 6.92. The Labute approximate surface area is 130 Å². The van der Waals surface area contributed by atoms with E-state index in [1.54, 1.807) is 0 Å². The van der Waals surface area contributed by atoms with Gasteiger partial charge in [0.25, 0.3) is 0 Å². The molecule has 1 fully saturated rings. The van der Waals surface area contributed by atoms with Crippen LogP contribution in [0.25, 0.3) is 0 Å². The third kappa shape index (κ3) is 3.35. The van der Waals surface area contributed by atoms with Crippen LogP contribution in [0, 0.1) is 0 Å². The zero-order chi connectivity index (χ0) is 14.7. The molecule has 1 aliphatic carbocycles. The molecule has 2 rings (SSSR count). The zero-order valence-corrected chi connectivity index (χ0v) is 14.2. The van der Waals surface area contributed by atoms with Crippen LogP contribution in [0.2, 0.25) is 0 Å². The summed E-state index contributed by atoms with van der Waals surface area (Å²) in [5, 5.41) is 13.6. The number of likely N-dealkylation sites (N-methyl/N-ethyl adjacent to an activating group) is 1. The molecule has 0 amide bonds. The summed E-state index contributed by atoms with van der Waals surface area (Å²) < 4.78 is 1.09. The molecule has 4 heteroatoms. The largest absolute Gasteiger partial charge is 0.391 e. The van der Waals surface area contributed by atoms with E-state index in [0.29, 0.717) is 0 Å². The van der Waals surface area contributed by atoms with Crippen LogP contribution in [0.4, 0.5) is 5.69 Å². The van der Waals surface area contributed by atoms with Gasteiger partial charge in [0.05, 0.1) is 12.1 Å². The van der Waals surface area contributed by atoms with E-state index in [4.69, 9.17) is 0 Å². The summed E-state index contributed by atoms with van der Waals surface area (Å²) >= 11 is 3.56. The fraction of sp³-hybridized carbons (Fsp3) is 0.625. The number of aliphatic hydroxyl groups excluding tert-OH is 1. The normalized spacial score (nSPS) is 24.4. The Morgan fingerprint density at radius 2 is 2.05 bits per heavy atom. The molecular formula is C16H25BrN2O. The van der Waals surface area contributed by atoms with E-state index >= 15 is 0 Å². The van der Waals surface area contributed by atoms with Crippen molar-refractivity contribution in [3.63, 3.8) is 0 Å². The van der Waals surface area contributed by atoms with Crippen LogP contribution in [0.3, 0.4) is 0 Å². The van der Waals surface area contributed by atoms with Crippen LogP contribution < -0.4 is 10.2 Å². The highest BCUT2D eigenvalue weighted by atomic mass is 79.9. The van der Waals surface area contributed by atoms with Gasteiger partial charge in [0.1, 0.15) is 0 Å². The van der Waals surface area contributed by atoms with Crippen LogP contribution >= 0.6 is 15.9 Å². The van der Waals surface area contributed by atoms with Crippen molar-refractivity contribution in [2.45, 2.75) is 50.8 Å². The third-order valence-electron chi connectivity index (χ3n) is 4.46. The Morgan fingerprint density at radius 1 is 1.35 bits per heavy atom. The number of hydrogen-bond acceptors (Lipinski definition) is 3. The molecule has 1 aromatic carbocycles. The van der Waals surface area contributed by atoms with E-state index in [1.165, 1.54) is 17.7 Å². The molecule has 1 saturated carbocycles. The van der Waals surface area contributed by atoms with Crippen molar-refractivity contribution in [3.8, 4) is 0 Å². The number of benzene rings is 1. The average Bonchev–Trinajstić information content (AvgIpc) is 2.46. The van der Waals surface area contributed by atoms with Gasteiger partial charge in [-0.05, 0) is 50.6 Å². The molecule has 0 aliphatic heterocycles. The Bertz CT molecular complexity index is 452. The minimum atomic E-state index is -0.213. The lowest BCUT2D eigenvalue weighted by molar-refractivity contribution is 0.106. The first-order chi connectivity index (χ1) is 9.54. The molecule has 0 radical (unpaired) electrons. The first-order valence-corrected chi connectivity index (χ1v) is 8.21. The van der Waals surface area contributed by atoms with Crippen LogP contribution in [0.5, 0.6) is 0 Å². The van der Waals surface area contributed by atoms with Crippen LogP contribution in [0.15, 0.2) is 22.7 Å². The molecule has 20 heavy (non-hydrogen) atoms.